The molecule has 4 rings (SSSR count). The van der Waals surface area contributed by atoms with Crippen LogP contribution in [0.5, 0.6) is 0 Å². The van der Waals surface area contributed by atoms with Crippen molar-refractivity contribution >= 4 is 23.5 Å². The van der Waals surface area contributed by atoms with E-state index in [1.165, 1.54) is 18.9 Å². The number of allylic oxidation sites excluding steroid dienone is 2. The molecule has 3 fully saturated rings. The molecule has 0 aromatic carbocycles. The van der Waals surface area contributed by atoms with Gasteiger partial charge in [-0.25, -0.2) is 4.79 Å². The van der Waals surface area contributed by atoms with Crippen molar-refractivity contribution in [2.24, 2.45) is 33.7 Å². The first-order valence-corrected chi connectivity index (χ1v) is 14.9. The molecule has 4 aliphatic carbocycles. The molecule has 0 bridgehead atoms. The van der Waals surface area contributed by atoms with Crippen LogP contribution in [0.25, 0.3) is 0 Å². The van der Waals surface area contributed by atoms with Gasteiger partial charge in [-0.3, -0.25) is 9.59 Å². The number of hydrogen-bond donors (Lipinski definition) is 4. The smallest absolute Gasteiger partial charge is 0.326 e. The molecule has 0 aromatic rings. The first-order valence-electron chi connectivity index (χ1n) is 14.9. The first-order chi connectivity index (χ1) is 18.5. The largest absolute Gasteiger partial charge is 0.480 e. The molecule has 3 saturated carbocycles. The Morgan fingerprint density at radius 2 is 1.87 bits per heavy atom. The van der Waals surface area contributed by atoms with E-state index in [1.807, 2.05) is 6.92 Å². The molecule has 9 nitrogen and oxygen atoms in total. The third-order valence-corrected chi connectivity index (χ3v) is 10.5. The highest BCUT2D eigenvalue weighted by Gasteiger charge is 2.58. The summed E-state index contributed by atoms with van der Waals surface area (Å²) in [7, 11) is 0. The molecule has 0 heterocycles. The Balaban J connectivity index is 1.28. The SMILES string of the molecule is CCCC[C@H](NC(=O)[C@H](C)NC(=O)CO/N=C1\C=C2CC[C@H]3[C@@H]4CC[C@H](O)[C@@]4(C)CC[C@@H]3[C@@]2(C)CC1)C(=O)O. The van der Waals surface area contributed by atoms with Crippen LogP contribution in [0.1, 0.15) is 98.3 Å². The number of nitrogens with zero attached hydrogens (tertiary/aromatic N) is 1. The maximum absolute atomic E-state index is 12.4. The zero-order valence-electron chi connectivity index (χ0n) is 24.0. The number of aliphatic carboxylic acids is 1. The number of oxime groups is 1. The number of nitrogens with one attached hydrogen (secondary N) is 2. The highest BCUT2D eigenvalue weighted by Crippen LogP contribution is 2.65. The standard InChI is InChI=1S/C30H47N3O6/c1-5-6-7-24(28(37)38)32-27(36)18(2)31-26(35)17-39-33-20-12-14-29(3)19(16-20)8-9-21-22-10-11-25(34)30(22,4)15-13-23(21)29/h16,18,21-25,34H,5-15,17H2,1-4H3,(H,31,35)(H,32,36)(H,37,38)/b33-20-/t18-,21-,22-,23-,24-,25-,29-,30-/m0/s1. The molecule has 8 atom stereocenters. The quantitative estimate of drug-likeness (QED) is 0.307. The van der Waals surface area contributed by atoms with E-state index in [2.05, 4.69) is 35.7 Å². The molecular weight excluding hydrogens is 498 g/mol. The molecule has 0 aliphatic heterocycles. The number of carbonyl (C=O) groups excluding carboxylic acids is 2. The summed E-state index contributed by atoms with van der Waals surface area (Å²) >= 11 is 0. The summed E-state index contributed by atoms with van der Waals surface area (Å²) in [5.74, 6) is -0.166. The van der Waals surface area contributed by atoms with Gasteiger partial charge in [-0.05, 0) is 99.4 Å². The van der Waals surface area contributed by atoms with Crippen molar-refractivity contribution in [3.05, 3.63) is 11.6 Å². The fourth-order valence-electron chi connectivity index (χ4n) is 8.10. The lowest BCUT2D eigenvalue weighted by Crippen LogP contribution is -2.51. The minimum Gasteiger partial charge on any atom is -0.480 e. The maximum Gasteiger partial charge on any atom is 0.326 e. The highest BCUT2D eigenvalue weighted by atomic mass is 16.6. The van der Waals surface area contributed by atoms with Crippen molar-refractivity contribution < 1.29 is 29.4 Å². The summed E-state index contributed by atoms with van der Waals surface area (Å²) in [5.41, 5.74) is 2.52. The molecule has 218 valence electrons. The van der Waals surface area contributed by atoms with Crippen molar-refractivity contribution in [2.75, 3.05) is 6.61 Å². The Bertz CT molecular complexity index is 1010. The number of aliphatic hydroxyl groups is 1. The van der Waals surface area contributed by atoms with E-state index in [0.29, 0.717) is 30.6 Å². The van der Waals surface area contributed by atoms with Gasteiger partial charge in [-0.15, -0.1) is 0 Å². The van der Waals surface area contributed by atoms with Crippen molar-refractivity contribution in [1.29, 1.82) is 0 Å². The molecule has 39 heavy (non-hydrogen) atoms. The molecule has 9 heteroatoms. The predicted molar refractivity (Wildman–Crippen MR) is 148 cm³/mol. The van der Waals surface area contributed by atoms with Gasteiger partial charge in [0.2, 0.25) is 5.91 Å². The van der Waals surface area contributed by atoms with Crippen LogP contribution in [0.2, 0.25) is 0 Å². The van der Waals surface area contributed by atoms with Crippen molar-refractivity contribution in [1.82, 2.24) is 10.6 Å². The number of carbonyl (C=O) groups is 3. The highest BCUT2D eigenvalue weighted by molar-refractivity contribution is 5.96. The lowest BCUT2D eigenvalue weighted by molar-refractivity contribution is -0.142. The molecule has 0 spiro atoms. The van der Waals surface area contributed by atoms with Crippen molar-refractivity contribution in [3.63, 3.8) is 0 Å². The van der Waals surface area contributed by atoms with Crippen LogP contribution in [-0.4, -0.2) is 58.5 Å². The number of unbranched alkanes of at least 4 members (excludes halogenated alkanes) is 1. The van der Waals surface area contributed by atoms with Crippen molar-refractivity contribution in [2.45, 2.75) is 117 Å². The normalized spacial score (nSPS) is 36.0. The summed E-state index contributed by atoms with van der Waals surface area (Å²) in [6, 6.07) is -1.86. The molecule has 4 N–H and O–H groups in total. The summed E-state index contributed by atoms with van der Waals surface area (Å²) in [6.45, 7) is 7.88. The van der Waals surface area contributed by atoms with E-state index in [9.17, 15) is 24.6 Å². The second-order valence-corrected chi connectivity index (χ2v) is 12.8. The summed E-state index contributed by atoms with van der Waals surface area (Å²) < 4.78 is 0. The van der Waals surface area contributed by atoms with Gasteiger partial charge in [0, 0.05) is 0 Å². The van der Waals surface area contributed by atoms with Crippen LogP contribution in [0.4, 0.5) is 0 Å². The first kappa shape index (κ1) is 29.6. The summed E-state index contributed by atoms with van der Waals surface area (Å²) in [4.78, 5) is 41.4. The summed E-state index contributed by atoms with van der Waals surface area (Å²) in [6.07, 6.45) is 12.3. The van der Waals surface area contributed by atoms with E-state index >= 15 is 0 Å². The number of hydrogen-bond acceptors (Lipinski definition) is 6. The zero-order valence-corrected chi connectivity index (χ0v) is 24.0. The van der Waals surface area contributed by atoms with Gasteiger partial charge in [0.05, 0.1) is 11.8 Å². The van der Waals surface area contributed by atoms with E-state index in [-0.39, 0.29) is 23.5 Å². The number of aliphatic hydroxyl groups excluding tert-OH is 1. The van der Waals surface area contributed by atoms with Crippen LogP contribution in [0, 0.1) is 28.6 Å². The Labute approximate surface area is 232 Å². The minimum atomic E-state index is -1.08. The Morgan fingerprint density at radius 1 is 1.10 bits per heavy atom. The van der Waals surface area contributed by atoms with E-state index < -0.39 is 29.9 Å². The van der Waals surface area contributed by atoms with Crippen LogP contribution < -0.4 is 10.6 Å². The second kappa shape index (κ2) is 12.0. The van der Waals surface area contributed by atoms with Crippen LogP contribution in [0.3, 0.4) is 0 Å². The summed E-state index contributed by atoms with van der Waals surface area (Å²) in [5, 5.41) is 29.3. The predicted octanol–water partition coefficient (Wildman–Crippen LogP) is 3.95. The lowest BCUT2D eigenvalue weighted by atomic mass is 9.47. The second-order valence-electron chi connectivity index (χ2n) is 12.8. The Morgan fingerprint density at radius 3 is 2.59 bits per heavy atom. The number of carboxylic acids is 1. The van der Waals surface area contributed by atoms with Gasteiger partial charge < -0.3 is 25.7 Å². The van der Waals surface area contributed by atoms with Gasteiger partial charge >= 0.3 is 5.97 Å². The monoisotopic (exact) mass is 545 g/mol. The average Bonchev–Trinajstić information content (AvgIpc) is 3.20. The molecule has 0 saturated heterocycles. The molecule has 0 unspecified atom stereocenters. The molecule has 2 amide bonds. The van der Waals surface area contributed by atoms with E-state index in [4.69, 9.17) is 4.84 Å². The molecular formula is C30H47N3O6. The van der Waals surface area contributed by atoms with Crippen LogP contribution >= 0.6 is 0 Å². The fraction of sp³-hybridized carbons (Fsp3) is 0.800. The number of rotatable bonds is 10. The number of fused-ring (bicyclic) bond motifs is 5. The fourth-order valence-corrected chi connectivity index (χ4v) is 8.10. The van der Waals surface area contributed by atoms with Crippen LogP contribution in [-0.2, 0) is 19.2 Å². The van der Waals surface area contributed by atoms with Gasteiger partial charge in [0.25, 0.3) is 5.91 Å². The number of amides is 2. The molecule has 4 aliphatic rings. The Hall–Kier alpha value is -2.42. The maximum atomic E-state index is 12.4. The molecule has 0 aromatic heterocycles. The van der Waals surface area contributed by atoms with Gasteiger partial charge in [0.15, 0.2) is 6.61 Å². The van der Waals surface area contributed by atoms with Crippen molar-refractivity contribution in [3.8, 4) is 0 Å². The number of carboxylic acid groups (broad SMARTS) is 1. The van der Waals surface area contributed by atoms with Gasteiger partial charge in [-0.2, -0.15) is 0 Å². The topological polar surface area (TPSA) is 137 Å². The van der Waals surface area contributed by atoms with E-state index in [1.54, 1.807) is 0 Å². The third kappa shape index (κ3) is 6.03. The third-order valence-electron chi connectivity index (χ3n) is 10.5. The van der Waals surface area contributed by atoms with Crippen LogP contribution in [0.15, 0.2) is 16.8 Å². The average molecular weight is 546 g/mol. The zero-order chi connectivity index (χ0) is 28.4. The molecule has 0 radical (unpaired) electrons. The van der Waals surface area contributed by atoms with E-state index in [0.717, 1.165) is 57.1 Å². The minimum absolute atomic E-state index is 0.0830. The lowest BCUT2D eigenvalue weighted by Gasteiger charge is -2.57. The van der Waals surface area contributed by atoms with Gasteiger partial charge in [0.1, 0.15) is 12.1 Å². The Kier molecular flexibility index (Phi) is 9.08. The van der Waals surface area contributed by atoms with Gasteiger partial charge in [-0.1, -0.05) is 44.3 Å².